The van der Waals surface area contributed by atoms with Gasteiger partial charge in [0.1, 0.15) is 5.01 Å². The van der Waals surface area contributed by atoms with Crippen molar-refractivity contribution in [2.24, 2.45) is 0 Å². The first-order chi connectivity index (χ1) is 7.38. The first kappa shape index (κ1) is 11.4. The van der Waals surface area contributed by atoms with Crippen molar-refractivity contribution in [1.82, 2.24) is 15.0 Å². The van der Waals surface area contributed by atoms with Gasteiger partial charge in [0.15, 0.2) is 10.5 Å². The van der Waals surface area contributed by atoms with Crippen LogP contribution in [0.15, 0.2) is 6.20 Å². The Hall–Kier alpha value is -1.07. The number of thiazole rings is 1. The maximum atomic E-state index is 9.43. The van der Waals surface area contributed by atoms with E-state index in [1.807, 2.05) is 0 Å². The van der Waals surface area contributed by atoms with Crippen LogP contribution in [0.1, 0.15) is 44.5 Å². The van der Waals surface area contributed by atoms with Crippen molar-refractivity contribution in [2.45, 2.75) is 39.2 Å². The summed E-state index contributed by atoms with van der Waals surface area (Å²) >= 11 is 1.54. The van der Waals surface area contributed by atoms with Gasteiger partial charge in [0.2, 0.25) is 0 Å². The summed E-state index contributed by atoms with van der Waals surface area (Å²) in [6, 6.07) is 0. The molecule has 0 fully saturated rings. The van der Waals surface area contributed by atoms with Crippen LogP contribution >= 0.6 is 11.3 Å². The molecule has 2 aromatic rings. The summed E-state index contributed by atoms with van der Waals surface area (Å²) in [5.41, 5.74) is 1.27. The van der Waals surface area contributed by atoms with E-state index in [1.165, 1.54) is 11.3 Å². The number of aliphatic hydroxyl groups excluding tert-OH is 1. The predicted molar refractivity (Wildman–Crippen MR) is 64.5 cm³/mol. The fraction of sp³-hybridized carbons (Fsp3) is 0.545. The highest BCUT2D eigenvalue weighted by Gasteiger charge is 2.20. The van der Waals surface area contributed by atoms with E-state index >= 15 is 0 Å². The first-order valence-corrected chi connectivity index (χ1v) is 6.01. The third-order valence-corrected chi connectivity index (χ3v) is 3.58. The van der Waals surface area contributed by atoms with Gasteiger partial charge in [0.05, 0.1) is 18.0 Å². The fourth-order valence-corrected chi connectivity index (χ4v) is 2.22. The standard InChI is InChI=1S/C11H15N3OS/c1-6(15)7-5-12-8-9(13-7)16-10(14-8)11(2,3)4/h5-6,15H,1-4H3. The van der Waals surface area contributed by atoms with Crippen LogP contribution in [0.2, 0.25) is 0 Å². The highest BCUT2D eigenvalue weighted by Crippen LogP contribution is 2.29. The summed E-state index contributed by atoms with van der Waals surface area (Å²) in [6.45, 7) is 8.02. The molecule has 0 amide bonds. The van der Waals surface area contributed by atoms with Gasteiger partial charge >= 0.3 is 0 Å². The van der Waals surface area contributed by atoms with Gasteiger partial charge in [-0.2, -0.15) is 0 Å². The second kappa shape index (κ2) is 3.75. The molecular weight excluding hydrogens is 222 g/mol. The molecule has 0 spiro atoms. The van der Waals surface area contributed by atoms with Crippen LogP contribution in [0.4, 0.5) is 0 Å². The van der Waals surface area contributed by atoms with E-state index in [9.17, 15) is 5.11 Å². The molecule has 0 saturated heterocycles. The summed E-state index contributed by atoms with van der Waals surface area (Å²) in [6.07, 6.45) is 0.996. The van der Waals surface area contributed by atoms with Crippen molar-refractivity contribution < 1.29 is 5.11 Å². The molecule has 86 valence electrons. The SMILES string of the molecule is CC(O)c1cnc2nc(C(C)(C)C)sc2n1. The Morgan fingerprint density at radius 2 is 2.00 bits per heavy atom. The van der Waals surface area contributed by atoms with E-state index in [4.69, 9.17) is 0 Å². The molecule has 2 aromatic heterocycles. The minimum absolute atomic E-state index is 0.0119. The lowest BCUT2D eigenvalue weighted by molar-refractivity contribution is 0.194. The number of nitrogens with zero attached hydrogens (tertiary/aromatic N) is 3. The minimum Gasteiger partial charge on any atom is -0.387 e. The van der Waals surface area contributed by atoms with Crippen molar-refractivity contribution in [3.8, 4) is 0 Å². The van der Waals surface area contributed by atoms with E-state index in [0.29, 0.717) is 11.3 Å². The molecule has 16 heavy (non-hydrogen) atoms. The zero-order valence-corrected chi connectivity index (χ0v) is 10.7. The van der Waals surface area contributed by atoms with E-state index in [2.05, 4.69) is 35.7 Å². The molecule has 1 N–H and O–H groups in total. The van der Waals surface area contributed by atoms with E-state index < -0.39 is 6.10 Å². The second-order valence-corrected chi connectivity index (χ2v) is 5.85. The molecule has 4 nitrogen and oxygen atoms in total. The third kappa shape index (κ3) is 2.05. The average Bonchev–Trinajstić information content (AvgIpc) is 2.58. The molecule has 0 bridgehead atoms. The van der Waals surface area contributed by atoms with Gasteiger partial charge in [-0.05, 0) is 6.92 Å². The van der Waals surface area contributed by atoms with Crippen molar-refractivity contribution in [3.05, 3.63) is 16.9 Å². The maximum Gasteiger partial charge on any atom is 0.189 e. The van der Waals surface area contributed by atoms with Gasteiger partial charge in [-0.15, -0.1) is 0 Å². The molecule has 0 aliphatic carbocycles. The highest BCUT2D eigenvalue weighted by molar-refractivity contribution is 7.18. The molecule has 2 rings (SSSR count). The Labute approximate surface area is 98.4 Å². The van der Waals surface area contributed by atoms with Gasteiger partial charge in [-0.25, -0.2) is 15.0 Å². The van der Waals surface area contributed by atoms with Crippen LogP contribution < -0.4 is 0 Å². The number of rotatable bonds is 1. The van der Waals surface area contributed by atoms with Crippen molar-refractivity contribution in [3.63, 3.8) is 0 Å². The van der Waals surface area contributed by atoms with Crippen molar-refractivity contribution in [1.29, 1.82) is 0 Å². The molecule has 0 saturated carbocycles. The second-order valence-electron chi connectivity index (χ2n) is 4.87. The van der Waals surface area contributed by atoms with Crippen molar-refractivity contribution in [2.75, 3.05) is 0 Å². The Morgan fingerprint density at radius 1 is 1.31 bits per heavy atom. The van der Waals surface area contributed by atoms with Crippen LogP contribution in [0.5, 0.6) is 0 Å². The monoisotopic (exact) mass is 237 g/mol. The summed E-state index contributed by atoms with van der Waals surface area (Å²) in [4.78, 5) is 13.8. The van der Waals surface area contributed by atoms with Crippen LogP contribution in [0.25, 0.3) is 10.5 Å². The number of aromatic nitrogens is 3. The smallest absolute Gasteiger partial charge is 0.189 e. The Balaban J connectivity index is 2.54. The summed E-state index contributed by atoms with van der Waals surface area (Å²) < 4.78 is 0. The van der Waals surface area contributed by atoms with Crippen molar-refractivity contribution >= 4 is 21.8 Å². The topological polar surface area (TPSA) is 58.9 Å². The normalized spacial score (nSPS) is 14.3. The minimum atomic E-state index is -0.586. The third-order valence-electron chi connectivity index (χ3n) is 2.21. The number of aliphatic hydroxyl groups is 1. The molecule has 1 atom stereocenters. The van der Waals surface area contributed by atoms with Crippen LogP contribution in [-0.2, 0) is 5.41 Å². The summed E-state index contributed by atoms with van der Waals surface area (Å²) in [7, 11) is 0. The fourth-order valence-electron chi connectivity index (χ4n) is 1.26. The zero-order chi connectivity index (χ0) is 11.9. The molecule has 5 heteroatoms. The van der Waals surface area contributed by atoms with Crippen LogP contribution in [-0.4, -0.2) is 20.1 Å². The zero-order valence-electron chi connectivity index (χ0n) is 9.85. The molecule has 0 aliphatic rings. The lowest BCUT2D eigenvalue weighted by Crippen LogP contribution is -2.09. The van der Waals surface area contributed by atoms with Gasteiger partial charge in [-0.3, -0.25) is 0 Å². The van der Waals surface area contributed by atoms with Crippen LogP contribution in [0, 0.1) is 0 Å². The quantitative estimate of drug-likeness (QED) is 0.827. The number of fused-ring (bicyclic) bond motifs is 1. The van der Waals surface area contributed by atoms with Gasteiger partial charge < -0.3 is 5.11 Å². The van der Waals surface area contributed by atoms with E-state index in [0.717, 1.165) is 9.84 Å². The molecule has 2 heterocycles. The van der Waals surface area contributed by atoms with Gasteiger partial charge in [-0.1, -0.05) is 32.1 Å². The Kier molecular flexibility index (Phi) is 2.67. The lowest BCUT2D eigenvalue weighted by atomic mass is 9.98. The number of hydrogen-bond donors (Lipinski definition) is 1. The summed E-state index contributed by atoms with van der Waals surface area (Å²) in [5.74, 6) is 0. The number of hydrogen-bond acceptors (Lipinski definition) is 5. The molecule has 0 radical (unpaired) electrons. The Bertz CT molecular complexity index is 513. The lowest BCUT2D eigenvalue weighted by Gasteiger charge is -2.12. The molecule has 0 aliphatic heterocycles. The first-order valence-electron chi connectivity index (χ1n) is 5.20. The molecular formula is C11H15N3OS. The summed E-state index contributed by atoms with van der Waals surface area (Å²) in [5, 5.41) is 10.5. The maximum absolute atomic E-state index is 9.43. The largest absolute Gasteiger partial charge is 0.387 e. The van der Waals surface area contributed by atoms with Crippen LogP contribution in [0.3, 0.4) is 0 Å². The van der Waals surface area contributed by atoms with Gasteiger partial charge in [0, 0.05) is 5.41 Å². The highest BCUT2D eigenvalue weighted by atomic mass is 32.1. The Morgan fingerprint density at radius 3 is 2.56 bits per heavy atom. The van der Waals surface area contributed by atoms with E-state index in [-0.39, 0.29) is 5.41 Å². The molecule has 0 aromatic carbocycles. The predicted octanol–water partition coefficient (Wildman–Crippen LogP) is 2.44. The average molecular weight is 237 g/mol. The van der Waals surface area contributed by atoms with E-state index in [1.54, 1.807) is 13.1 Å². The molecule has 1 unspecified atom stereocenters. The van der Waals surface area contributed by atoms with Gasteiger partial charge in [0.25, 0.3) is 0 Å².